The van der Waals surface area contributed by atoms with Gasteiger partial charge in [0.05, 0.1) is 12.0 Å². The molecule has 1 aromatic rings. The van der Waals surface area contributed by atoms with E-state index in [9.17, 15) is 4.79 Å². The minimum atomic E-state index is 0.184. The number of rotatable bonds is 8. The Morgan fingerprint density at radius 3 is 2.74 bits per heavy atom. The molecule has 2 heterocycles. The molecule has 130 valence electrons. The molecule has 1 fully saturated rings. The van der Waals surface area contributed by atoms with Crippen molar-refractivity contribution in [2.75, 3.05) is 31.9 Å². The molecule has 23 heavy (non-hydrogen) atoms. The summed E-state index contributed by atoms with van der Waals surface area (Å²) >= 11 is 1.81. The van der Waals surface area contributed by atoms with Gasteiger partial charge in [0.1, 0.15) is 0 Å². The monoisotopic (exact) mass is 338 g/mol. The maximum atomic E-state index is 11.9. The van der Waals surface area contributed by atoms with Crippen molar-refractivity contribution in [2.24, 2.45) is 0 Å². The van der Waals surface area contributed by atoms with E-state index in [0.29, 0.717) is 6.42 Å². The second-order valence-corrected chi connectivity index (χ2v) is 7.34. The number of H-pyrrole nitrogens is 1. The van der Waals surface area contributed by atoms with Crippen molar-refractivity contribution in [1.29, 1.82) is 0 Å². The van der Waals surface area contributed by atoms with Crippen LogP contribution in [0.5, 0.6) is 0 Å². The topological polar surface area (TPSA) is 61.0 Å². The van der Waals surface area contributed by atoms with Gasteiger partial charge in [-0.25, -0.2) is 4.98 Å². The van der Waals surface area contributed by atoms with Crippen LogP contribution in [-0.4, -0.2) is 52.7 Å². The van der Waals surface area contributed by atoms with Crippen LogP contribution in [0.4, 0.5) is 0 Å². The van der Waals surface area contributed by atoms with Crippen LogP contribution >= 0.6 is 11.8 Å². The van der Waals surface area contributed by atoms with E-state index < -0.39 is 0 Å². The number of likely N-dealkylation sites (tertiary alicyclic amines) is 1. The second kappa shape index (κ2) is 10.7. The fourth-order valence-electron chi connectivity index (χ4n) is 2.85. The largest absolute Gasteiger partial charge is 0.355 e. The summed E-state index contributed by atoms with van der Waals surface area (Å²) in [6, 6.07) is 0. The lowest BCUT2D eigenvalue weighted by Gasteiger charge is -2.24. The number of amides is 1. The Morgan fingerprint density at radius 1 is 1.30 bits per heavy atom. The summed E-state index contributed by atoms with van der Waals surface area (Å²) in [5, 5.41) is 3.03. The number of aromatic amines is 1. The number of nitrogens with zero attached hydrogens (tertiary/aromatic N) is 2. The van der Waals surface area contributed by atoms with Gasteiger partial charge in [0.2, 0.25) is 5.91 Å². The predicted octanol–water partition coefficient (Wildman–Crippen LogP) is 2.72. The average Bonchev–Trinajstić information content (AvgIpc) is 2.91. The van der Waals surface area contributed by atoms with Crippen molar-refractivity contribution >= 4 is 17.7 Å². The van der Waals surface area contributed by atoms with E-state index in [0.717, 1.165) is 49.1 Å². The molecular formula is C17H30N4OS. The zero-order chi connectivity index (χ0) is 16.3. The van der Waals surface area contributed by atoms with Gasteiger partial charge in [0, 0.05) is 36.7 Å². The number of hydrogen-bond acceptors (Lipinski definition) is 4. The number of aryl methyl sites for hydroxylation is 1. The Labute approximate surface area is 144 Å². The second-order valence-electron chi connectivity index (χ2n) is 6.24. The van der Waals surface area contributed by atoms with Gasteiger partial charge in [0.25, 0.3) is 0 Å². The Morgan fingerprint density at radius 2 is 2.04 bits per heavy atom. The summed E-state index contributed by atoms with van der Waals surface area (Å²) in [7, 11) is 0. The zero-order valence-corrected chi connectivity index (χ0v) is 15.1. The van der Waals surface area contributed by atoms with Crippen LogP contribution in [0.2, 0.25) is 0 Å². The first-order chi connectivity index (χ1) is 11.3. The molecule has 0 saturated carbocycles. The highest BCUT2D eigenvalue weighted by molar-refractivity contribution is 7.98. The molecule has 1 amide bonds. The molecule has 6 heteroatoms. The van der Waals surface area contributed by atoms with Crippen LogP contribution in [0.25, 0.3) is 0 Å². The first-order valence-electron chi connectivity index (χ1n) is 8.81. The van der Waals surface area contributed by atoms with E-state index in [2.05, 4.69) is 20.2 Å². The van der Waals surface area contributed by atoms with E-state index in [1.165, 1.54) is 32.1 Å². The van der Waals surface area contributed by atoms with E-state index in [1.807, 2.05) is 18.7 Å². The third-order valence-corrected chi connectivity index (χ3v) is 5.32. The van der Waals surface area contributed by atoms with Gasteiger partial charge in [0.15, 0.2) is 0 Å². The van der Waals surface area contributed by atoms with Gasteiger partial charge in [-0.3, -0.25) is 4.79 Å². The third-order valence-electron chi connectivity index (χ3n) is 4.35. The van der Waals surface area contributed by atoms with Gasteiger partial charge in [-0.05, 0) is 32.9 Å². The molecule has 0 aromatic carbocycles. The van der Waals surface area contributed by atoms with Crippen LogP contribution in [0, 0.1) is 6.92 Å². The van der Waals surface area contributed by atoms with Gasteiger partial charge < -0.3 is 15.2 Å². The van der Waals surface area contributed by atoms with Crippen molar-refractivity contribution in [3.63, 3.8) is 0 Å². The Hall–Kier alpha value is -1.01. The summed E-state index contributed by atoms with van der Waals surface area (Å²) in [6.45, 7) is 6.01. The molecule has 0 spiro atoms. The third kappa shape index (κ3) is 7.40. The summed E-state index contributed by atoms with van der Waals surface area (Å²) in [5.41, 5.74) is 2.24. The van der Waals surface area contributed by atoms with Gasteiger partial charge in [-0.1, -0.05) is 19.3 Å². The molecule has 1 aliphatic rings. The number of hydrogen-bond donors (Lipinski definition) is 2. The summed E-state index contributed by atoms with van der Waals surface area (Å²) in [4.78, 5) is 21.7. The van der Waals surface area contributed by atoms with Gasteiger partial charge >= 0.3 is 0 Å². The predicted molar refractivity (Wildman–Crippen MR) is 96.6 cm³/mol. The first-order valence-corrected chi connectivity index (χ1v) is 9.97. The Balaban J connectivity index is 1.50. The van der Waals surface area contributed by atoms with Crippen molar-refractivity contribution in [3.8, 4) is 0 Å². The molecule has 1 saturated heterocycles. The molecule has 1 aromatic heterocycles. The van der Waals surface area contributed by atoms with Crippen LogP contribution in [0.15, 0.2) is 6.33 Å². The maximum Gasteiger partial charge on any atom is 0.221 e. The molecule has 2 rings (SSSR count). The molecule has 0 radical (unpaired) electrons. The minimum Gasteiger partial charge on any atom is -0.355 e. The van der Waals surface area contributed by atoms with E-state index >= 15 is 0 Å². The molecule has 0 aliphatic carbocycles. The van der Waals surface area contributed by atoms with Crippen LogP contribution < -0.4 is 5.32 Å². The van der Waals surface area contributed by atoms with E-state index in [-0.39, 0.29) is 5.91 Å². The Kier molecular flexibility index (Phi) is 8.53. The lowest BCUT2D eigenvalue weighted by molar-refractivity contribution is -0.121. The fraction of sp³-hybridized carbons (Fsp3) is 0.765. The first kappa shape index (κ1) is 18.3. The zero-order valence-electron chi connectivity index (χ0n) is 14.3. The molecular weight excluding hydrogens is 308 g/mol. The fourth-order valence-corrected chi connectivity index (χ4v) is 3.72. The molecule has 0 unspecified atom stereocenters. The van der Waals surface area contributed by atoms with Crippen molar-refractivity contribution in [2.45, 2.75) is 51.2 Å². The SMILES string of the molecule is Cc1[nH]cnc1CSCCNC(=O)CCN1CCCCCCC1. The molecule has 0 atom stereocenters. The van der Waals surface area contributed by atoms with Crippen LogP contribution in [-0.2, 0) is 10.5 Å². The lowest BCUT2D eigenvalue weighted by atomic mass is 10.1. The number of carbonyl (C=O) groups is 1. The molecule has 2 N–H and O–H groups in total. The van der Waals surface area contributed by atoms with E-state index in [4.69, 9.17) is 0 Å². The van der Waals surface area contributed by atoms with Crippen molar-refractivity contribution in [3.05, 3.63) is 17.7 Å². The molecule has 0 bridgehead atoms. The molecule has 5 nitrogen and oxygen atoms in total. The van der Waals surface area contributed by atoms with Gasteiger partial charge in [-0.2, -0.15) is 11.8 Å². The van der Waals surface area contributed by atoms with Crippen LogP contribution in [0.1, 0.15) is 49.9 Å². The summed E-state index contributed by atoms with van der Waals surface area (Å²) in [6.07, 6.45) is 8.99. The highest BCUT2D eigenvalue weighted by atomic mass is 32.2. The summed E-state index contributed by atoms with van der Waals surface area (Å²) in [5.74, 6) is 2.02. The highest BCUT2D eigenvalue weighted by Gasteiger charge is 2.10. The number of thioether (sulfide) groups is 1. The maximum absolute atomic E-state index is 11.9. The average molecular weight is 339 g/mol. The lowest BCUT2D eigenvalue weighted by Crippen LogP contribution is -2.33. The Bertz CT molecular complexity index is 455. The van der Waals surface area contributed by atoms with Gasteiger partial charge in [-0.15, -0.1) is 0 Å². The quantitative estimate of drug-likeness (QED) is 0.716. The summed E-state index contributed by atoms with van der Waals surface area (Å²) < 4.78 is 0. The molecule has 1 aliphatic heterocycles. The van der Waals surface area contributed by atoms with Crippen LogP contribution in [0.3, 0.4) is 0 Å². The standard InChI is InChI=1S/C17H30N4OS/c1-15-16(20-14-19-15)13-23-12-8-18-17(22)7-11-21-9-5-3-2-4-6-10-21/h14H,2-13H2,1H3,(H,18,22)(H,19,20). The van der Waals surface area contributed by atoms with Crippen molar-refractivity contribution in [1.82, 2.24) is 20.2 Å². The number of nitrogens with one attached hydrogen (secondary N) is 2. The minimum absolute atomic E-state index is 0.184. The highest BCUT2D eigenvalue weighted by Crippen LogP contribution is 2.12. The smallest absolute Gasteiger partial charge is 0.221 e. The normalized spacial score (nSPS) is 16.7. The number of aromatic nitrogens is 2. The number of imidazole rings is 1. The number of carbonyl (C=O) groups excluding carboxylic acids is 1. The van der Waals surface area contributed by atoms with E-state index in [1.54, 1.807) is 6.33 Å². The van der Waals surface area contributed by atoms with Crippen molar-refractivity contribution < 1.29 is 4.79 Å².